The first-order valence-corrected chi connectivity index (χ1v) is 10.6. The van der Waals surface area contributed by atoms with Crippen molar-refractivity contribution in [1.29, 1.82) is 0 Å². The van der Waals surface area contributed by atoms with Crippen LogP contribution in [0.4, 0.5) is 0 Å². The van der Waals surface area contributed by atoms with E-state index in [2.05, 4.69) is 10.3 Å². The summed E-state index contributed by atoms with van der Waals surface area (Å²) in [5.74, 6) is -0.997. The topological polar surface area (TPSA) is 151 Å². The van der Waals surface area contributed by atoms with Crippen LogP contribution in [0.2, 0.25) is 0 Å². The van der Waals surface area contributed by atoms with E-state index in [0.29, 0.717) is 50.6 Å². The quantitative estimate of drug-likeness (QED) is 0.192. The summed E-state index contributed by atoms with van der Waals surface area (Å²) in [7, 11) is 0. The van der Waals surface area contributed by atoms with Crippen LogP contribution in [0.25, 0.3) is 10.8 Å². The summed E-state index contributed by atoms with van der Waals surface area (Å²) in [5.41, 5.74) is 9.98. The van der Waals surface area contributed by atoms with Crippen LogP contribution in [0, 0.1) is 0 Å². The number of amides is 2. The molecule has 1 aliphatic heterocycles. The van der Waals surface area contributed by atoms with Gasteiger partial charge in [0.1, 0.15) is 18.4 Å². The fraction of sp³-hybridized carbons (Fsp3) is 0.391. The molecule has 6 N–H and O–H groups in total. The first-order valence-electron chi connectivity index (χ1n) is 10.6. The number of carbonyl (C=O) groups excluding carboxylic acids is 3. The highest BCUT2D eigenvalue weighted by molar-refractivity contribution is 5.96. The van der Waals surface area contributed by atoms with Gasteiger partial charge in [-0.25, -0.2) is 0 Å². The van der Waals surface area contributed by atoms with Crippen molar-refractivity contribution in [2.75, 3.05) is 19.7 Å². The van der Waals surface area contributed by atoms with Gasteiger partial charge in [0.15, 0.2) is 5.96 Å². The molecule has 0 aliphatic carbocycles. The van der Waals surface area contributed by atoms with Crippen LogP contribution in [0.3, 0.4) is 0 Å². The van der Waals surface area contributed by atoms with Gasteiger partial charge in [0.2, 0.25) is 5.91 Å². The van der Waals surface area contributed by atoms with Crippen molar-refractivity contribution in [3.05, 3.63) is 48.0 Å². The maximum absolute atomic E-state index is 13.6. The Labute approximate surface area is 186 Å². The molecular formula is C23H29N5O4. The normalized spacial score (nSPS) is 18.8. The van der Waals surface area contributed by atoms with Gasteiger partial charge in [-0.2, -0.15) is 0 Å². The molecule has 3 rings (SSSR count). The van der Waals surface area contributed by atoms with Crippen LogP contribution in [0.1, 0.15) is 31.2 Å². The second-order valence-corrected chi connectivity index (χ2v) is 7.89. The number of hydrogen-bond donors (Lipinski definition) is 4. The third kappa shape index (κ3) is 4.72. The molecule has 0 radical (unpaired) electrons. The smallest absolute Gasteiger partial charge is 0.251 e. The van der Waals surface area contributed by atoms with Crippen LogP contribution in [-0.2, 0) is 19.9 Å². The minimum absolute atomic E-state index is 0.0314. The summed E-state index contributed by atoms with van der Waals surface area (Å²) in [4.78, 5) is 43.2. The van der Waals surface area contributed by atoms with Crippen molar-refractivity contribution in [3.8, 4) is 0 Å². The lowest BCUT2D eigenvalue weighted by molar-refractivity contribution is -0.148. The molecule has 0 spiro atoms. The number of carbonyl (C=O) groups is 3. The fourth-order valence-electron chi connectivity index (χ4n) is 4.34. The molecule has 1 saturated heterocycles. The third-order valence-corrected chi connectivity index (χ3v) is 5.87. The van der Waals surface area contributed by atoms with Crippen molar-refractivity contribution < 1.29 is 19.5 Å². The number of aliphatic hydroxyl groups is 1. The lowest BCUT2D eigenvalue weighted by Gasteiger charge is -2.38. The van der Waals surface area contributed by atoms with Crippen molar-refractivity contribution in [1.82, 2.24) is 10.2 Å². The second-order valence-electron chi connectivity index (χ2n) is 7.89. The molecule has 9 nitrogen and oxygen atoms in total. The first-order chi connectivity index (χ1) is 15.4. The molecule has 170 valence electrons. The maximum Gasteiger partial charge on any atom is 0.251 e. The molecule has 2 aromatic rings. The Morgan fingerprint density at radius 3 is 2.66 bits per heavy atom. The number of likely N-dealkylation sites (tertiary alicyclic amines) is 1. The molecule has 32 heavy (non-hydrogen) atoms. The first kappa shape index (κ1) is 23.2. The third-order valence-electron chi connectivity index (χ3n) is 5.87. The largest absolute Gasteiger partial charge is 0.387 e. The van der Waals surface area contributed by atoms with Gasteiger partial charge in [-0.1, -0.05) is 36.4 Å². The number of fused-ring (bicyclic) bond motifs is 1. The number of guanidine groups is 1. The number of hydrogen-bond acceptors (Lipinski definition) is 5. The number of aliphatic hydroxyl groups excluding tert-OH is 1. The minimum Gasteiger partial charge on any atom is -0.387 e. The zero-order valence-electron chi connectivity index (χ0n) is 17.9. The lowest BCUT2D eigenvalue weighted by atomic mass is 9.84. The number of rotatable bonds is 9. The molecule has 0 aromatic heterocycles. The Hall–Kier alpha value is -3.46. The Kier molecular flexibility index (Phi) is 7.42. The Balaban J connectivity index is 1.93. The van der Waals surface area contributed by atoms with Gasteiger partial charge >= 0.3 is 0 Å². The standard InChI is InChI=1S/C23H29N5O4/c24-22(25)26-11-3-7-19(14-29)27-21(32)23(10-4-12-28(23)20(31)15-30)18-9-8-16-5-1-2-6-17(16)13-18/h1-2,5-6,8-9,13-14,19,30H,3-4,7,10-12,15H2,(H,27,32)(H4,24,25,26)/t19-,23+/m0/s1. The van der Waals surface area contributed by atoms with Crippen LogP contribution in [0.15, 0.2) is 47.5 Å². The van der Waals surface area contributed by atoms with Crippen LogP contribution >= 0.6 is 0 Å². The Morgan fingerprint density at radius 1 is 1.22 bits per heavy atom. The predicted octanol–water partition coefficient (Wildman–Crippen LogP) is 0.387. The van der Waals surface area contributed by atoms with E-state index in [9.17, 15) is 19.5 Å². The van der Waals surface area contributed by atoms with E-state index < -0.39 is 30.0 Å². The van der Waals surface area contributed by atoms with Crippen molar-refractivity contribution >= 4 is 34.8 Å². The minimum atomic E-state index is -1.30. The van der Waals surface area contributed by atoms with E-state index in [4.69, 9.17) is 11.5 Å². The molecule has 1 fully saturated rings. The molecule has 1 heterocycles. The van der Waals surface area contributed by atoms with E-state index in [0.717, 1.165) is 10.8 Å². The lowest BCUT2D eigenvalue weighted by Crippen LogP contribution is -2.57. The molecule has 0 bridgehead atoms. The van der Waals surface area contributed by atoms with Gasteiger partial charge in [-0.05, 0) is 48.1 Å². The predicted molar refractivity (Wildman–Crippen MR) is 122 cm³/mol. The summed E-state index contributed by atoms with van der Waals surface area (Å²) < 4.78 is 0. The number of aldehydes is 1. The summed E-state index contributed by atoms with van der Waals surface area (Å²) in [6.45, 7) is -0.0123. The van der Waals surface area contributed by atoms with Gasteiger partial charge in [0, 0.05) is 13.1 Å². The highest BCUT2D eigenvalue weighted by Crippen LogP contribution is 2.40. The number of nitrogens with one attached hydrogen (secondary N) is 1. The molecular weight excluding hydrogens is 410 g/mol. The van der Waals surface area contributed by atoms with Crippen LogP contribution < -0.4 is 16.8 Å². The number of aliphatic imine (C=N–C) groups is 1. The summed E-state index contributed by atoms with van der Waals surface area (Å²) in [5, 5.41) is 14.3. The van der Waals surface area contributed by atoms with E-state index in [-0.39, 0.29) is 5.96 Å². The average Bonchev–Trinajstić information content (AvgIpc) is 3.26. The second kappa shape index (κ2) is 10.2. The fourth-order valence-corrected chi connectivity index (χ4v) is 4.34. The summed E-state index contributed by atoms with van der Waals surface area (Å²) in [6.07, 6.45) is 2.52. The SMILES string of the molecule is NC(N)=NCCC[C@@H](C=O)NC(=O)[C@]1(c2ccc3ccccc3c2)CCCN1C(=O)CO. The van der Waals surface area contributed by atoms with Crippen molar-refractivity contribution in [2.24, 2.45) is 16.5 Å². The summed E-state index contributed by atoms with van der Waals surface area (Å²) >= 11 is 0. The van der Waals surface area contributed by atoms with Gasteiger partial charge in [-0.3, -0.25) is 14.6 Å². The molecule has 2 aromatic carbocycles. The van der Waals surface area contributed by atoms with E-state index in [1.165, 1.54) is 4.90 Å². The molecule has 9 heteroatoms. The van der Waals surface area contributed by atoms with Crippen molar-refractivity contribution in [3.63, 3.8) is 0 Å². The molecule has 1 aliphatic rings. The average molecular weight is 440 g/mol. The van der Waals surface area contributed by atoms with Gasteiger partial charge in [-0.15, -0.1) is 0 Å². The summed E-state index contributed by atoms with van der Waals surface area (Å²) in [6, 6.07) is 12.6. The molecule has 2 atom stereocenters. The maximum atomic E-state index is 13.6. The van der Waals surface area contributed by atoms with Crippen molar-refractivity contribution in [2.45, 2.75) is 37.3 Å². The van der Waals surface area contributed by atoms with E-state index >= 15 is 0 Å². The van der Waals surface area contributed by atoms with E-state index in [1.807, 2.05) is 42.5 Å². The number of nitrogens with zero attached hydrogens (tertiary/aromatic N) is 2. The monoisotopic (exact) mass is 439 g/mol. The van der Waals surface area contributed by atoms with Gasteiger partial charge in [0.05, 0.1) is 6.04 Å². The Morgan fingerprint density at radius 2 is 1.97 bits per heavy atom. The molecule has 0 saturated carbocycles. The molecule has 0 unspecified atom stereocenters. The molecule has 2 amide bonds. The zero-order chi connectivity index (χ0) is 23.1. The van der Waals surface area contributed by atoms with Gasteiger partial charge in [0.25, 0.3) is 5.91 Å². The highest BCUT2D eigenvalue weighted by Gasteiger charge is 2.51. The Bertz CT molecular complexity index is 1020. The van der Waals surface area contributed by atoms with Crippen LogP contribution in [0.5, 0.6) is 0 Å². The zero-order valence-corrected chi connectivity index (χ0v) is 17.9. The number of nitrogens with two attached hydrogens (primary N) is 2. The van der Waals surface area contributed by atoms with E-state index in [1.54, 1.807) is 0 Å². The number of benzene rings is 2. The van der Waals surface area contributed by atoms with Gasteiger partial charge < -0.3 is 31.6 Å². The van der Waals surface area contributed by atoms with Crippen LogP contribution in [-0.4, -0.2) is 59.8 Å². The highest BCUT2D eigenvalue weighted by atomic mass is 16.3.